The first-order valence-electron chi connectivity index (χ1n) is 9.13. The highest BCUT2D eigenvalue weighted by Crippen LogP contribution is 2.25. The molecule has 1 fully saturated rings. The van der Waals surface area contributed by atoms with Crippen molar-refractivity contribution in [3.8, 4) is 11.5 Å². The van der Waals surface area contributed by atoms with Crippen LogP contribution in [0.3, 0.4) is 0 Å². The number of carbonyl (C=O) groups is 1. The lowest BCUT2D eigenvalue weighted by molar-refractivity contribution is 0.0999. The summed E-state index contributed by atoms with van der Waals surface area (Å²) in [7, 11) is 3.38. The molecule has 3 rings (SSSR count). The SMILES string of the molecule is COc1ccc(OC)c(CN2CCN(Cc3cccc(C(N)=O)c3)CC2)c1. The molecule has 6 nitrogen and oxygen atoms in total. The first-order valence-corrected chi connectivity index (χ1v) is 9.13. The lowest BCUT2D eigenvalue weighted by Crippen LogP contribution is -2.45. The molecule has 0 atom stereocenters. The zero-order valence-electron chi connectivity index (χ0n) is 16.0. The maximum atomic E-state index is 11.3. The Hall–Kier alpha value is -2.57. The number of hydrogen-bond donors (Lipinski definition) is 1. The van der Waals surface area contributed by atoms with E-state index >= 15 is 0 Å². The van der Waals surface area contributed by atoms with Gasteiger partial charge >= 0.3 is 0 Å². The highest BCUT2D eigenvalue weighted by Gasteiger charge is 2.19. The van der Waals surface area contributed by atoms with Crippen molar-refractivity contribution in [2.75, 3.05) is 40.4 Å². The number of piperazine rings is 1. The van der Waals surface area contributed by atoms with E-state index in [4.69, 9.17) is 15.2 Å². The normalized spacial score (nSPS) is 15.5. The Kier molecular flexibility index (Phi) is 6.32. The van der Waals surface area contributed by atoms with Crippen molar-refractivity contribution >= 4 is 5.91 Å². The average Bonchev–Trinajstić information content (AvgIpc) is 2.69. The first-order chi connectivity index (χ1) is 13.1. The van der Waals surface area contributed by atoms with Gasteiger partial charge in [0, 0.05) is 50.4 Å². The Morgan fingerprint density at radius 2 is 1.67 bits per heavy atom. The van der Waals surface area contributed by atoms with Gasteiger partial charge in [-0.05, 0) is 35.9 Å². The quantitative estimate of drug-likeness (QED) is 0.810. The van der Waals surface area contributed by atoms with Crippen molar-refractivity contribution < 1.29 is 14.3 Å². The molecule has 0 bridgehead atoms. The molecule has 2 aromatic carbocycles. The fraction of sp³-hybridized carbons (Fsp3) is 0.381. The maximum Gasteiger partial charge on any atom is 0.248 e. The van der Waals surface area contributed by atoms with Gasteiger partial charge in [0.05, 0.1) is 14.2 Å². The molecular weight excluding hydrogens is 342 g/mol. The van der Waals surface area contributed by atoms with E-state index in [1.54, 1.807) is 20.3 Å². The minimum atomic E-state index is -0.381. The number of nitrogens with two attached hydrogens (primary N) is 1. The number of methoxy groups -OCH3 is 2. The van der Waals surface area contributed by atoms with Crippen LogP contribution in [0.4, 0.5) is 0 Å². The summed E-state index contributed by atoms with van der Waals surface area (Å²) in [5.74, 6) is 1.36. The summed E-state index contributed by atoms with van der Waals surface area (Å²) in [6.07, 6.45) is 0. The topological polar surface area (TPSA) is 68.0 Å². The standard InChI is InChI=1S/C21H27N3O3/c1-26-19-6-7-20(27-2)18(13-19)15-24-10-8-23(9-11-24)14-16-4-3-5-17(12-16)21(22)25/h3-7,12-13H,8-11,14-15H2,1-2H3,(H2,22,25). The van der Waals surface area contributed by atoms with Crippen LogP contribution >= 0.6 is 0 Å². The van der Waals surface area contributed by atoms with E-state index in [2.05, 4.69) is 9.80 Å². The zero-order valence-corrected chi connectivity index (χ0v) is 16.0. The van der Waals surface area contributed by atoms with Crippen LogP contribution in [-0.2, 0) is 13.1 Å². The molecule has 27 heavy (non-hydrogen) atoms. The predicted octanol–water partition coefficient (Wildman–Crippen LogP) is 2.12. The number of amides is 1. The number of nitrogens with zero attached hydrogens (tertiary/aromatic N) is 2. The Balaban J connectivity index is 1.56. The molecule has 2 aromatic rings. The van der Waals surface area contributed by atoms with Gasteiger partial charge < -0.3 is 15.2 Å². The first kappa shape index (κ1) is 19.2. The number of hydrogen-bond acceptors (Lipinski definition) is 5. The molecule has 144 valence electrons. The van der Waals surface area contributed by atoms with Crippen molar-refractivity contribution in [2.45, 2.75) is 13.1 Å². The van der Waals surface area contributed by atoms with Crippen molar-refractivity contribution in [1.82, 2.24) is 9.80 Å². The van der Waals surface area contributed by atoms with Crippen molar-refractivity contribution in [3.05, 3.63) is 59.2 Å². The Morgan fingerprint density at radius 3 is 2.30 bits per heavy atom. The molecule has 0 spiro atoms. The van der Waals surface area contributed by atoms with Crippen LogP contribution in [0, 0.1) is 0 Å². The average molecular weight is 369 g/mol. The zero-order chi connectivity index (χ0) is 19.2. The molecule has 1 aliphatic heterocycles. The number of rotatable bonds is 7. The summed E-state index contributed by atoms with van der Waals surface area (Å²) in [6, 6.07) is 13.5. The lowest BCUT2D eigenvalue weighted by atomic mass is 10.1. The highest BCUT2D eigenvalue weighted by molar-refractivity contribution is 5.92. The summed E-state index contributed by atoms with van der Waals surface area (Å²) in [5, 5.41) is 0. The molecule has 0 saturated carbocycles. The van der Waals surface area contributed by atoms with Gasteiger partial charge in [0.2, 0.25) is 5.91 Å². The van der Waals surface area contributed by atoms with Crippen LogP contribution in [0.2, 0.25) is 0 Å². The Labute approximate surface area is 160 Å². The predicted molar refractivity (Wildman–Crippen MR) is 105 cm³/mol. The van der Waals surface area contributed by atoms with Gasteiger partial charge in [-0.1, -0.05) is 12.1 Å². The number of primary amides is 1. The monoisotopic (exact) mass is 369 g/mol. The molecule has 1 heterocycles. The minimum absolute atomic E-state index is 0.381. The molecule has 1 aliphatic rings. The van der Waals surface area contributed by atoms with Crippen molar-refractivity contribution in [2.24, 2.45) is 5.73 Å². The largest absolute Gasteiger partial charge is 0.497 e. The van der Waals surface area contributed by atoms with Gasteiger partial charge in [-0.2, -0.15) is 0 Å². The van der Waals surface area contributed by atoms with E-state index in [9.17, 15) is 4.79 Å². The third-order valence-electron chi connectivity index (χ3n) is 4.96. The minimum Gasteiger partial charge on any atom is -0.497 e. The van der Waals surface area contributed by atoms with Crippen LogP contribution in [0.1, 0.15) is 21.5 Å². The number of benzene rings is 2. The number of carbonyl (C=O) groups excluding carboxylic acids is 1. The van der Waals surface area contributed by atoms with Gasteiger partial charge in [0.25, 0.3) is 0 Å². The molecule has 1 amide bonds. The summed E-state index contributed by atoms with van der Waals surface area (Å²) in [4.78, 5) is 16.2. The highest BCUT2D eigenvalue weighted by atomic mass is 16.5. The Bertz CT molecular complexity index is 786. The second-order valence-corrected chi connectivity index (χ2v) is 6.79. The van der Waals surface area contributed by atoms with Gasteiger partial charge in [-0.15, -0.1) is 0 Å². The molecule has 0 unspecified atom stereocenters. The van der Waals surface area contributed by atoms with Crippen LogP contribution in [0.25, 0.3) is 0 Å². The molecule has 6 heteroatoms. The van der Waals surface area contributed by atoms with Gasteiger partial charge in [-0.3, -0.25) is 14.6 Å². The summed E-state index contributed by atoms with van der Waals surface area (Å²) in [6.45, 7) is 5.59. The second-order valence-electron chi connectivity index (χ2n) is 6.79. The van der Waals surface area contributed by atoms with E-state index in [1.807, 2.05) is 36.4 Å². The van der Waals surface area contributed by atoms with Crippen LogP contribution in [0.15, 0.2) is 42.5 Å². The smallest absolute Gasteiger partial charge is 0.248 e. The fourth-order valence-corrected chi connectivity index (χ4v) is 3.43. The molecule has 1 saturated heterocycles. The van der Waals surface area contributed by atoms with Gasteiger partial charge in [0.15, 0.2) is 0 Å². The van der Waals surface area contributed by atoms with Crippen molar-refractivity contribution in [1.29, 1.82) is 0 Å². The number of ether oxygens (including phenoxy) is 2. The van der Waals surface area contributed by atoms with Crippen LogP contribution in [-0.4, -0.2) is 56.1 Å². The van der Waals surface area contributed by atoms with Crippen molar-refractivity contribution in [3.63, 3.8) is 0 Å². The fourth-order valence-electron chi connectivity index (χ4n) is 3.43. The van der Waals surface area contributed by atoms with Gasteiger partial charge in [0.1, 0.15) is 11.5 Å². The van der Waals surface area contributed by atoms with E-state index in [0.29, 0.717) is 5.56 Å². The summed E-state index contributed by atoms with van der Waals surface area (Å²) in [5.41, 5.74) is 8.20. The molecule has 2 N–H and O–H groups in total. The second kappa shape index (κ2) is 8.88. The van der Waals surface area contributed by atoms with E-state index in [-0.39, 0.29) is 5.91 Å². The third kappa shape index (κ3) is 4.99. The molecule has 0 radical (unpaired) electrons. The lowest BCUT2D eigenvalue weighted by Gasteiger charge is -2.35. The maximum absolute atomic E-state index is 11.3. The molecule has 0 aromatic heterocycles. The van der Waals surface area contributed by atoms with Gasteiger partial charge in [-0.25, -0.2) is 0 Å². The van der Waals surface area contributed by atoms with Crippen LogP contribution < -0.4 is 15.2 Å². The molecule has 0 aliphatic carbocycles. The third-order valence-corrected chi connectivity index (χ3v) is 4.96. The summed E-state index contributed by atoms with van der Waals surface area (Å²) < 4.78 is 10.8. The van der Waals surface area contributed by atoms with Crippen LogP contribution in [0.5, 0.6) is 11.5 Å². The van der Waals surface area contributed by atoms with E-state index in [0.717, 1.165) is 61.9 Å². The van der Waals surface area contributed by atoms with E-state index < -0.39 is 0 Å². The Morgan fingerprint density at radius 1 is 0.963 bits per heavy atom. The summed E-state index contributed by atoms with van der Waals surface area (Å²) >= 11 is 0. The molecular formula is C21H27N3O3. The van der Waals surface area contributed by atoms with E-state index in [1.165, 1.54) is 0 Å².